The van der Waals surface area contributed by atoms with Gasteiger partial charge in [0.1, 0.15) is 11.6 Å². The monoisotopic (exact) mass is 455 g/mol. The molecule has 1 amide bonds. The van der Waals surface area contributed by atoms with Gasteiger partial charge in [-0.25, -0.2) is 8.78 Å². The Morgan fingerprint density at radius 3 is 2.72 bits per heavy atom. The van der Waals surface area contributed by atoms with Crippen molar-refractivity contribution >= 4 is 22.9 Å². The van der Waals surface area contributed by atoms with Crippen LogP contribution >= 0.6 is 11.3 Å². The molecule has 1 aromatic heterocycles. The SMILES string of the molecule is O=C(C[C@@H](c1ccc(F)cc1)c1ccsc1)Nc1cccc(F)c1CC[C@@H]1CN[CH]CO1. The zero-order chi connectivity index (χ0) is 22.3. The fourth-order valence-electron chi connectivity index (χ4n) is 3.92. The topological polar surface area (TPSA) is 50.4 Å². The maximum Gasteiger partial charge on any atom is 0.225 e. The van der Waals surface area contributed by atoms with Crippen molar-refractivity contribution in [3.05, 3.63) is 94.2 Å². The van der Waals surface area contributed by atoms with Crippen molar-refractivity contribution in [1.82, 2.24) is 5.32 Å². The molecule has 1 aliphatic heterocycles. The average Bonchev–Trinajstić information content (AvgIpc) is 3.33. The molecule has 2 atom stereocenters. The Kier molecular flexibility index (Phi) is 7.63. The standard InChI is InChI=1S/C25H25F2N2O2S/c26-19-6-4-17(5-7-19)22(18-10-13-32-16-18)14-25(30)29-24-3-1-2-23(27)21(24)9-8-20-15-28-11-12-31-20/h1-7,10-11,13,16,20,22,28H,8-9,12,14-15H2,(H,29,30)/t20-,22+/m1/s1. The maximum atomic E-state index is 14.6. The van der Waals surface area contributed by atoms with Gasteiger partial charge in [-0.2, -0.15) is 11.3 Å². The van der Waals surface area contributed by atoms with Crippen LogP contribution in [0, 0.1) is 18.2 Å². The Morgan fingerprint density at radius 2 is 2.00 bits per heavy atom. The lowest BCUT2D eigenvalue weighted by molar-refractivity contribution is -0.116. The van der Waals surface area contributed by atoms with Gasteiger partial charge in [-0.15, -0.1) is 0 Å². The Morgan fingerprint density at radius 1 is 1.16 bits per heavy atom. The molecule has 167 valence electrons. The number of carbonyl (C=O) groups excluding carboxylic acids is 1. The van der Waals surface area contributed by atoms with Crippen LogP contribution < -0.4 is 10.6 Å². The molecule has 0 spiro atoms. The van der Waals surface area contributed by atoms with Gasteiger partial charge < -0.3 is 15.4 Å². The van der Waals surface area contributed by atoms with Crippen LogP contribution in [0.15, 0.2) is 59.3 Å². The van der Waals surface area contributed by atoms with Crippen molar-refractivity contribution in [3.8, 4) is 0 Å². The average molecular weight is 456 g/mol. The predicted octanol–water partition coefficient (Wildman–Crippen LogP) is 5.27. The molecule has 32 heavy (non-hydrogen) atoms. The van der Waals surface area contributed by atoms with E-state index in [4.69, 9.17) is 4.74 Å². The van der Waals surface area contributed by atoms with Gasteiger partial charge in [-0.3, -0.25) is 4.79 Å². The minimum atomic E-state index is -0.342. The van der Waals surface area contributed by atoms with E-state index in [9.17, 15) is 13.6 Å². The number of anilines is 1. The quantitative estimate of drug-likeness (QED) is 0.487. The lowest BCUT2D eigenvalue weighted by Gasteiger charge is -2.24. The summed E-state index contributed by atoms with van der Waals surface area (Å²) < 4.78 is 33.7. The fourth-order valence-corrected chi connectivity index (χ4v) is 4.63. The molecule has 2 heterocycles. The van der Waals surface area contributed by atoms with Crippen molar-refractivity contribution in [3.63, 3.8) is 0 Å². The van der Waals surface area contributed by atoms with Crippen LogP contribution in [0.1, 0.15) is 35.4 Å². The molecule has 1 radical (unpaired) electrons. The number of hydrogen-bond acceptors (Lipinski definition) is 4. The molecule has 1 saturated heterocycles. The van der Waals surface area contributed by atoms with Crippen LogP contribution in [0.25, 0.3) is 0 Å². The number of thiophene rings is 1. The second kappa shape index (κ2) is 10.8. The molecule has 0 saturated carbocycles. The lowest BCUT2D eigenvalue weighted by atomic mass is 9.90. The molecular formula is C25H25F2N2O2S. The zero-order valence-corrected chi connectivity index (χ0v) is 18.3. The second-order valence-corrected chi connectivity index (χ2v) is 8.57. The number of carbonyl (C=O) groups is 1. The molecule has 3 aromatic rings. The summed E-state index contributed by atoms with van der Waals surface area (Å²) in [7, 11) is 0. The summed E-state index contributed by atoms with van der Waals surface area (Å²) >= 11 is 1.55. The van der Waals surface area contributed by atoms with Crippen molar-refractivity contribution in [2.45, 2.75) is 31.3 Å². The summed E-state index contributed by atoms with van der Waals surface area (Å²) in [6.07, 6.45) is 1.28. The highest BCUT2D eigenvalue weighted by molar-refractivity contribution is 7.08. The lowest BCUT2D eigenvalue weighted by Crippen LogP contribution is -2.35. The first-order valence-corrected chi connectivity index (χ1v) is 11.6. The van der Waals surface area contributed by atoms with Gasteiger partial charge >= 0.3 is 0 Å². The van der Waals surface area contributed by atoms with Crippen molar-refractivity contribution in [2.24, 2.45) is 0 Å². The van der Waals surface area contributed by atoms with E-state index in [1.54, 1.807) is 35.6 Å². The number of benzene rings is 2. The molecule has 2 N–H and O–H groups in total. The third kappa shape index (κ3) is 5.79. The molecule has 4 nitrogen and oxygen atoms in total. The number of morpholine rings is 1. The predicted molar refractivity (Wildman–Crippen MR) is 123 cm³/mol. The highest BCUT2D eigenvalue weighted by atomic mass is 32.1. The smallest absolute Gasteiger partial charge is 0.225 e. The van der Waals surface area contributed by atoms with E-state index < -0.39 is 0 Å². The van der Waals surface area contributed by atoms with Crippen LogP contribution in [-0.4, -0.2) is 25.2 Å². The highest BCUT2D eigenvalue weighted by Crippen LogP contribution is 2.31. The largest absolute Gasteiger partial charge is 0.375 e. The normalized spacial score (nSPS) is 17.1. The third-order valence-electron chi connectivity index (χ3n) is 5.62. The van der Waals surface area contributed by atoms with Crippen LogP contribution in [0.4, 0.5) is 14.5 Å². The molecule has 1 fully saturated rings. The summed E-state index contributed by atoms with van der Waals surface area (Å²) in [5, 5.41) is 9.99. The van der Waals surface area contributed by atoms with Gasteiger partial charge in [-0.05, 0) is 65.1 Å². The minimum Gasteiger partial charge on any atom is -0.375 e. The number of hydrogen-bond donors (Lipinski definition) is 2. The van der Waals surface area contributed by atoms with E-state index in [1.807, 2.05) is 23.4 Å². The third-order valence-corrected chi connectivity index (χ3v) is 6.32. The number of ether oxygens (including phenoxy) is 1. The van der Waals surface area contributed by atoms with Gasteiger partial charge in [0.2, 0.25) is 5.91 Å². The number of halogens is 2. The van der Waals surface area contributed by atoms with E-state index in [1.165, 1.54) is 18.2 Å². The van der Waals surface area contributed by atoms with Gasteiger partial charge in [0, 0.05) is 36.7 Å². The van der Waals surface area contributed by atoms with Gasteiger partial charge in [0.15, 0.2) is 0 Å². The maximum absolute atomic E-state index is 14.6. The first kappa shape index (κ1) is 22.6. The first-order valence-electron chi connectivity index (χ1n) is 10.6. The van der Waals surface area contributed by atoms with E-state index in [-0.39, 0.29) is 36.0 Å². The summed E-state index contributed by atoms with van der Waals surface area (Å²) in [5.41, 5.74) is 2.81. The van der Waals surface area contributed by atoms with Gasteiger partial charge in [0.05, 0.1) is 12.7 Å². The fraction of sp³-hybridized carbons (Fsp3) is 0.280. The summed E-state index contributed by atoms with van der Waals surface area (Å²) in [6.45, 7) is 3.07. The Bertz CT molecular complexity index is 1020. The summed E-state index contributed by atoms with van der Waals surface area (Å²) in [6, 6.07) is 12.9. The molecule has 0 unspecified atom stereocenters. The van der Waals surface area contributed by atoms with Gasteiger partial charge in [0.25, 0.3) is 0 Å². The number of rotatable bonds is 8. The number of nitrogens with one attached hydrogen (secondary N) is 2. The molecule has 0 bridgehead atoms. The summed E-state index contributed by atoms with van der Waals surface area (Å²) in [5.74, 6) is -1.09. The van der Waals surface area contributed by atoms with Gasteiger partial charge in [-0.1, -0.05) is 18.2 Å². The van der Waals surface area contributed by atoms with Crippen molar-refractivity contribution < 1.29 is 18.3 Å². The Hall–Kier alpha value is -2.61. The molecule has 0 aliphatic carbocycles. The highest BCUT2D eigenvalue weighted by Gasteiger charge is 2.21. The van der Waals surface area contributed by atoms with E-state index in [2.05, 4.69) is 10.6 Å². The van der Waals surface area contributed by atoms with E-state index in [0.29, 0.717) is 37.2 Å². The van der Waals surface area contributed by atoms with Crippen LogP contribution in [0.2, 0.25) is 0 Å². The first-order chi connectivity index (χ1) is 15.6. The molecule has 4 rings (SSSR count). The van der Waals surface area contributed by atoms with Crippen LogP contribution in [-0.2, 0) is 16.0 Å². The molecule has 1 aliphatic rings. The van der Waals surface area contributed by atoms with E-state index in [0.717, 1.165) is 11.1 Å². The Balaban J connectivity index is 1.47. The Labute approximate surface area is 190 Å². The molecule has 7 heteroatoms. The van der Waals surface area contributed by atoms with E-state index >= 15 is 0 Å². The molecular weight excluding hydrogens is 430 g/mol. The number of amides is 1. The van der Waals surface area contributed by atoms with Crippen LogP contribution in [0.3, 0.4) is 0 Å². The van der Waals surface area contributed by atoms with Crippen molar-refractivity contribution in [1.29, 1.82) is 0 Å². The minimum absolute atomic E-state index is 0.00426. The zero-order valence-electron chi connectivity index (χ0n) is 17.5. The molecule has 2 aromatic carbocycles. The second-order valence-electron chi connectivity index (χ2n) is 7.79. The van der Waals surface area contributed by atoms with Crippen LogP contribution in [0.5, 0.6) is 0 Å². The summed E-state index contributed by atoms with van der Waals surface area (Å²) in [4.78, 5) is 13.0. The van der Waals surface area contributed by atoms with Crippen molar-refractivity contribution in [2.75, 3.05) is 18.5 Å².